The van der Waals surface area contributed by atoms with Crippen LogP contribution in [0.25, 0.3) is 0 Å². The van der Waals surface area contributed by atoms with Gasteiger partial charge in [0.1, 0.15) is 9.88 Å². The molecular formula is C14H23N3O2S2. The third-order valence-corrected chi connectivity index (χ3v) is 4.79. The second-order valence-electron chi connectivity index (χ2n) is 5.85. The van der Waals surface area contributed by atoms with Gasteiger partial charge < -0.3 is 5.73 Å². The van der Waals surface area contributed by atoms with Crippen molar-refractivity contribution in [3.8, 4) is 0 Å². The van der Waals surface area contributed by atoms with Gasteiger partial charge in [0.15, 0.2) is 0 Å². The van der Waals surface area contributed by atoms with E-state index in [2.05, 4.69) is 4.98 Å². The van der Waals surface area contributed by atoms with Crippen LogP contribution in [0.3, 0.4) is 0 Å². The first-order valence-corrected chi connectivity index (χ1v) is 8.75. The molecule has 0 aliphatic heterocycles. The van der Waals surface area contributed by atoms with Gasteiger partial charge in [0, 0.05) is 19.3 Å². The summed E-state index contributed by atoms with van der Waals surface area (Å²) < 4.78 is 26.9. The van der Waals surface area contributed by atoms with Crippen LogP contribution >= 0.6 is 12.2 Å². The number of nitrogens with zero attached hydrogens (tertiary/aromatic N) is 2. The maximum atomic E-state index is 12.7. The molecule has 0 fully saturated rings. The van der Waals surface area contributed by atoms with Gasteiger partial charge in [-0.2, -0.15) is 4.31 Å². The van der Waals surface area contributed by atoms with Crippen molar-refractivity contribution in [2.45, 2.75) is 32.6 Å². The number of pyridine rings is 1. The Morgan fingerprint density at radius 2 is 1.76 bits per heavy atom. The van der Waals surface area contributed by atoms with E-state index < -0.39 is 10.0 Å². The maximum absolute atomic E-state index is 12.7. The standard InChI is InChI=1S/C14H23N3O2S2/c1-10(2)8-17(9-11(3)4)21(18,19)12-5-6-13(14(15)20)16-7-12/h5-7,10-11H,8-9H2,1-4H3,(H2,15,20). The molecule has 118 valence electrons. The number of nitrogens with two attached hydrogens (primary N) is 1. The van der Waals surface area contributed by atoms with Crippen LogP contribution in [0.15, 0.2) is 23.2 Å². The van der Waals surface area contributed by atoms with Gasteiger partial charge in [-0.05, 0) is 24.0 Å². The Morgan fingerprint density at radius 3 is 2.10 bits per heavy atom. The van der Waals surface area contributed by atoms with Gasteiger partial charge >= 0.3 is 0 Å². The number of rotatable bonds is 7. The monoisotopic (exact) mass is 329 g/mol. The molecule has 7 heteroatoms. The van der Waals surface area contributed by atoms with Crippen molar-refractivity contribution in [1.82, 2.24) is 9.29 Å². The lowest BCUT2D eigenvalue weighted by Gasteiger charge is -2.25. The van der Waals surface area contributed by atoms with E-state index in [9.17, 15) is 8.42 Å². The van der Waals surface area contributed by atoms with Gasteiger partial charge in [-0.3, -0.25) is 4.98 Å². The minimum absolute atomic E-state index is 0.153. The van der Waals surface area contributed by atoms with Crippen molar-refractivity contribution in [2.24, 2.45) is 17.6 Å². The Kier molecular flexibility index (Phi) is 6.24. The summed E-state index contributed by atoms with van der Waals surface area (Å²) in [4.78, 5) is 4.34. The summed E-state index contributed by atoms with van der Waals surface area (Å²) in [6.45, 7) is 8.96. The van der Waals surface area contributed by atoms with Gasteiger partial charge in [-0.1, -0.05) is 39.9 Å². The smallest absolute Gasteiger partial charge is 0.244 e. The highest BCUT2D eigenvalue weighted by molar-refractivity contribution is 7.89. The molecule has 2 N–H and O–H groups in total. The molecule has 0 aliphatic rings. The Morgan fingerprint density at radius 1 is 1.24 bits per heavy atom. The minimum atomic E-state index is -3.55. The first kappa shape index (κ1) is 18.0. The molecule has 0 radical (unpaired) electrons. The number of hydrogen-bond acceptors (Lipinski definition) is 4. The van der Waals surface area contributed by atoms with Crippen molar-refractivity contribution in [2.75, 3.05) is 13.1 Å². The molecule has 21 heavy (non-hydrogen) atoms. The van der Waals surface area contributed by atoms with E-state index >= 15 is 0 Å². The van der Waals surface area contributed by atoms with E-state index in [1.54, 1.807) is 0 Å². The first-order chi connectivity index (χ1) is 9.64. The number of thiocarbonyl (C=S) groups is 1. The molecular weight excluding hydrogens is 306 g/mol. The Balaban J connectivity index is 3.12. The predicted octanol–water partition coefficient (Wildman–Crippen LogP) is 2.02. The predicted molar refractivity (Wildman–Crippen MR) is 88.6 cm³/mol. The van der Waals surface area contributed by atoms with Crippen LogP contribution in [0, 0.1) is 11.8 Å². The first-order valence-electron chi connectivity index (χ1n) is 6.90. The average Bonchev–Trinajstić information content (AvgIpc) is 2.37. The number of hydrogen-bond donors (Lipinski definition) is 1. The molecule has 0 aromatic carbocycles. The fourth-order valence-corrected chi connectivity index (χ4v) is 3.75. The van der Waals surface area contributed by atoms with Gasteiger partial charge in [-0.15, -0.1) is 0 Å². The lowest BCUT2D eigenvalue weighted by Crippen LogP contribution is -2.37. The maximum Gasteiger partial charge on any atom is 0.244 e. The summed E-state index contributed by atoms with van der Waals surface area (Å²) >= 11 is 4.82. The fourth-order valence-electron chi connectivity index (χ4n) is 1.91. The van der Waals surface area contributed by atoms with Crippen LogP contribution in [0.5, 0.6) is 0 Å². The summed E-state index contributed by atoms with van der Waals surface area (Å²) in [5, 5.41) is 0. The van der Waals surface area contributed by atoms with E-state index in [0.29, 0.717) is 18.8 Å². The van der Waals surface area contributed by atoms with E-state index in [1.807, 2.05) is 27.7 Å². The lowest BCUT2D eigenvalue weighted by atomic mass is 10.2. The van der Waals surface area contributed by atoms with Crippen LogP contribution in [0.4, 0.5) is 0 Å². The molecule has 1 aromatic rings. The van der Waals surface area contributed by atoms with Gasteiger partial charge in [0.05, 0.1) is 5.69 Å². The van der Waals surface area contributed by atoms with E-state index in [4.69, 9.17) is 18.0 Å². The zero-order valence-electron chi connectivity index (χ0n) is 12.9. The molecule has 0 atom stereocenters. The fraction of sp³-hybridized carbons (Fsp3) is 0.571. The summed E-state index contributed by atoms with van der Waals surface area (Å²) in [7, 11) is -3.55. The van der Waals surface area contributed by atoms with E-state index in [1.165, 1.54) is 22.6 Å². The van der Waals surface area contributed by atoms with Crippen LogP contribution in [0.1, 0.15) is 33.4 Å². The largest absolute Gasteiger partial charge is 0.388 e. The zero-order chi connectivity index (χ0) is 16.2. The SMILES string of the molecule is CC(C)CN(CC(C)C)S(=O)(=O)c1ccc(C(N)=S)nc1. The third-order valence-electron chi connectivity index (χ3n) is 2.76. The molecule has 0 saturated heterocycles. The second kappa shape index (κ2) is 7.29. The number of aromatic nitrogens is 1. The number of sulfonamides is 1. The summed E-state index contributed by atoms with van der Waals surface area (Å²) in [6.07, 6.45) is 1.32. The molecule has 0 aliphatic carbocycles. The normalized spacial score (nSPS) is 12.3. The summed E-state index contributed by atoms with van der Waals surface area (Å²) in [5.41, 5.74) is 5.89. The molecule has 0 unspecified atom stereocenters. The van der Waals surface area contributed by atoms with Crippen molar-refractivity contribution in [1.29, 1.82) is 0 Å². The highest BCUT2D eigenvalue weighted by Crippen LogP contribution is 2.18. The lowest BCUT2D eigenvalue weighted by molar-refractivity contribution is 0.333. The third kappa shape index (κ3) is 5.01. The Bertz CT molecular complexity index is 571. The van der Waals surface area contributed by atoms with Crippen molar-refractivity contribution >= 4 is 27.2 Å². The molecule has 1 aromatic heterocycles. The van der Waals surface area contributed by atoms with Gasteiger partial charge in [-0.25, -0.2) is 8.42 Å². The minimum Gasteiger partial charge on any atom is -0.388 e. The molecule has 0 saturated carbocycles. The van der Waals surface area contributed by atoms with Crippen LogP contribution in [0.2, 0.25) is 0 Å². The van der Waals surface area contributed by atoms with E-state index in [0.717, 1.165) is 0 Å². The van der Waals surface area contributed by atoms with Gasteiger partial charge in [0.25, 0.3) is 0 Å². The quantitative estimate of drug-likeness (QED) is 0.775. The molecule has 0 spiro atoms. The molecule has 0 bridgehead atoms. The Labute approximate surface area is 132 Å². The molecule has 0 amide bonds. The molecule has 5 nitrogen and oxygen atoms in total. The van der Waals surface area contributed by atoms with Crippen LogP contribution < -0.4 is 5.73 Å². The summed E-state index contributed by atoms with van der Waals surface area (Å²) in [6, 6.07) is 3.04. The van der Waals surface area contributed by atoms with Crippen molar-refractivity contribution < 1.29 is 8.42 Å². The molecule has 1 rings (SSSR count). The average molecular weight is 329 g/mol. The van der Waals surface area contributed by atoms with Crippen LogP contribution in [-0.4, -0.2) is 35.8 Å². The topological polar surface area (TPSA) is 76.3 Å². The highest BCUT2D eigenvalue weighted by atomic mass is 32.2. The second-order valence-corrected chi connectivity index (χ2v) is 8.23. The van der Waals surface area contributed by atoms with Crippen molar-refractivity contribution in [3.63, 3.8) is 0 Å². The Hall–Kier alpha value is -1.05. The van der Waals surface area contributed by atoms with Crippen LogP contribution in [-0.2, 0) is 10.0 Å². The highest BCUT2D eigenvalue weighted by Gasteiger charge is 2.26. The zero-order valence-corrected chi connectivity index (χ0v) is 14.5. The van der Waals surface area contributed by atoms with E-state index in [-0.39, 0.29) is 21.7 Å². The summed E-state index contributed by atoms with van der Waals surface area (Å²) in [5.74, 6) is 0.504. The van der Waals surface area contributed by atoms with Crippen molar-refractivity contribution in [3.05, 3.63) is 24.0 Å². The van der Waals surface area contributed by atoms with Gasteiger partial charge in [0.2, 0.25) is 10.0 Å². The molecule has 1 heterocycles.